The van der Waals surface area contributed by atoms with Gasteiger partial charge in [-0.1, -0.05) is 32.0 Å². The van der Waals surface area contributed by atoms with Crippen LogP contribution in [0, 0.1) is 5.41 Å². The van der Waals surface area contributed by atoms with Crippen molar-refractivity contribution in [3.05, 3.63) is 52.4 Å². The van der Waals surface area contributed by atoms with Gasteiger partial charge in [0.05, 0.1) is 18.6 Å². The Bertz CT molecular complexity index is 817. The van der Waals surface area contributed by atoms with E-state index in [1.807, 2.05) is 0 Å². The minimum atomic E-state index is -0.617. The molecule has 2 aliphatic rings. The van der Waals surface area contributed by atoms with Crippen LogP contribution in [-0.4, -0.2) is 24.0 Å². The Morgan fingerprint density at radius 3 is 2.60 bits per heavy atom. The fourth-order valence-electron chi connectivity index (χ4n) is 3.86. The molecule has 1 heterocycles. The third-order valence-corrected chi connectivity index (χ3v) is 4.89. The van der Waals surface area contributed by atoms with E-state index in [1.165, 1.54) is 7.11 Å². The van der Waals surface area contributed by atoms with Crippen LogP contribution in [-0.2, 0) is 14.3 Å². The number of phenolic OH excluding ortho intramolecular Hbond substituents is 1. The van der Waals surface area contributed by atoms with Gasteiger partial charge in [-0.15, -0.1) is 0 Å². The lowest BCUT2D eigenvalue weighted by Gasteiger charge is -2.39. The molecule has 3 rings (SSSR count). The molecule has 2 N–H and O–H groups in total. The lowest BCUT2D eigenvalue weighted by atomic mass is 9.68. The molecule has 0 unspecified atom stereocenters. The van der Waals surface area contributed by atoms with Gasteiger partial charge in [0.15, 0.2) is 5.78 Å². The van der Waals surface area contributed by atoms with Gasteiger partial charge < -0.3 is 15.2 Å². The molecule has 0 aromatic heterocycles. The molecule has 132 valence electrons. The van der Waals surface area contributed by atoms with Crippen LogP contribution in [0.1, 0.15) is 45.1 Å². The summed E-state index contributed by atoms with van der Waals surface area (Å²) in [6.45, 7) is 5.91. The summed E-state index contributed by atoms with van der Waals surface area (Å²) in [5, 5.41) is 13.6. The number of esters is 1. The Morgan fingerprint density at radius 2 is 1.96 bits per heavy atom. The summed E-state index contributed by atoms with van der Waals surface area (Å²) in [6.07, 6.45) is 1.12. The monoisotopic (exact) mass is 341 g/mol. The maximum absolute atomic E-state index is 12.9. The number of aromatic hydroxyl groups is 1. The van der Waals surface area contributed by atoms with Crippen molar-refractivity contribution in [2.45, 2.75) is 39.5 Å². The highest BCUT2D eigenvalue weighted by atomic mass is 16.5. The molecule has 0 fully saturated rings. The number of nitrogens with one attached hydrogen (secondary N) is 1. The SMILES string of the molecule is COC(=O)C1=C(C)NC2=C(C(=O)CC(C)(C)C2)[C@@H]1c1ccccc1O. The number of carbonyl (C=O) groups excluding carboxylic acids is 2. The molecule has 1 atom stereocenters. The number of hydrogen-bond donors (Lipinski definition) is 2. The lowest BCUT2D eigenvalue weighted by molar-refractivity contribution is -0.136. The Hall–Kier alpha value is -2.56. The van der Waals surface area contributed by atoms with Crippen LogP contribution in [0.2, 0.25) is 0 Å². The average molecular weight is 341 g/mol. The van der Waals surface area contributed by atoms with E-state index in [-0.39, 0.29) is 16.9 Å². The number of ketones is 1. The Morgan fingerprint density at radius 1 is 1.28 bits per heavy atom. The van der Waals surface area contributed by atoms with Crippen LogP contribution >= 0.6 is 0 Å². The molecule has 25 heavy (non-hydrogen) atoms. The number of benzene rings is 1. The fourth-order valence-corrected chi connectivity index (χ4v) is 3.86. The Labute approximate surface area is 147 Å². The Balaban J connectivity index is 2.24. The van der Waals surface area contributed by atoms with Gasteiger partial charge in [-0.25, -0.2) is 4.79 Å². The zero-order chi connectivity index (χ0) is 18.4. The van der Waals surface area contributed by atoms with Gasteiger partial charge in [-0.3, -0.25) is 4.79 Å². The van der Waals surface area contributed by atoms with Gasteiger partial charge in [-0.2, -0.15) is 0 Å². The number of methoxy groups -OCH3 is 1. The number of phenols is 1. The van der Waals surface area contributed by atoms with Crippen LogP contribution in [0.3, 0.4) is 0 Å². The minimum Gasteiger partial charge on any atom is -0.508 e. The Kier molecular flexibility index (Phi) is 4.19. The largest absolute Gasteiger partial charge is 0.508 e. The third-order valence-electron chi connectivity index (χ3n) is 4.89. The second-order valence-electron chi connectivity index (χ2n) is 7.48. The quantitative estimate of drug-likeness (QED) is 0.808. The summed E-state index contributed by atoms with van der Waals surface area (Å²) in [7, 11) is 1.32. The highest BCUT2D eigenvalue weighted by Crippen LogP contribution is 2.48. The second kappa shape index (κ2) is 6.06. The van der Waals surface area contributed by atoms with Crippen LogP contribution < -0.4 is 5.32 Å². The molecule has 5 heteroatoms. The van der Waals surface area contributed by atoms with Gasteiger partial charge in [0, 0.05) is 29.0 Å². The maximum Gasteiger partial charge on any atom is 0.336 e. The number of rotatable bonds is 2. The number of para-hydroxylation sites is 1. The summed E-state index contributed by atoms with van der Waals surface area (Å²) in [5.41, 5.74) is 2.82. The summed E-state index contributed by atoms with van der Waals surface area (Å²) in [4.78, 5) is 25.4. The van der Waals surface area contributed by atoms with E-state index < -0.39 is 11.9 Å². The van der Waals surface area contributed by atoms with Gasteiger partial charge in [0.2, 0.25) is 0 Å². The molecule has 0 saturated heterocycles. The van der Waals surface area contributed by atoms with E-state index >= 15 is 0 Å². The molecule has 1 aliphatic heterocycles. The number of dihydropyridines is 1. The fraction of sp³-hybridized carbons (Fsp3) is 0.400. The summed E-state index contributed by atoms with van der Waals surface area (Å²) >= 11 is 0. The van der Waals surface area contributed by atoms with Gasteiger partial charge in [0.1, 0.15) is 5.75 Å². The first kappa shape index (κ1) is 17.3. The van der Waals surface area contributed by atoms with Crippen molar-refractivity contribution >= 4 is 11.8 Å². The predicted octanol–water partition coefficient (Wildman–Crippen LogP) is 3.17. The number of carbonyl (C=O) groups is 2. The molecule has 0 spiro atoms. The highest BCUT2D eigenvalue weighted by Gasteiger charge is 2.43. The van der Waals surface area contributed by atoms with Crippen molar-refractivity contribution in [1.29, 1.82) is 0 Å². The van der Waals surface area contributed by atoms with Crippen LogP contribution in [0.15, 0.2) is 46.8 Å². The van der Waals surface area contributed by atoms with Gasteiger partial charge >= 0.3 is 5.97 Å². The molecule has 0 radical (unpaired) electrons. The van der Waals surface area contributed by atoms with E-state index in [0.29, 0.717) is 35.2 Å². The lowest BCUT2D eigenvalue weighted by Crippen LogP contribution is -2.38. The summed E-state index contributed by atoms with van der Waals surface area (Å²) < 4.78 is 4.96. The molecular formula is C20H23NO4. The van der Waals surface area contributed by atoms with E-state index in [9.17, 15) is 14.7 Å². The van der Waals surface area contributed by atoms with Crippen LogP contribution in [0.5, 0.6) is 5.75 Å². The first-order chi connectivity index (χ1) is 11.7. The van der Waals surface area contributed by atoms with E-state index in [2.05, 4.69) is 19.2 Å². The normalized spacial score (nSPS) is 22.4. The predicted molar refractivity (Wildman–Crippen MR) is 93.7 cm³/mol. The van der Waals surface area contributed by atoms with Crippen molar-refractivity contribution in [3.8, 4) is 5.75 Å². The first-order valence-corrected chi connectivity index (χ1v) is 8.35. The summed E-state index contributed by atoms with van der Waals surface area (Å²) in [5.74, 6) is -1.05. The smallest absolute Gasteiger partial charge is 0.336 e. The van der Waals surface area contributed by atoms with Crippen molar-refractivity contribution in [2.75, 3.05) is 7.11 Å². The number of ether oxygens (including phenoxy) is 1. The highest BCUT2D eigenvalue weighted by molar-refractivity contribution is 6.04. The topological polar surface area (TPSA) is 75.6 Å². The molecule has 0 amide bonds. The molecular weight excluding hydrogens is 318 g/mol. The maximum atomic E-state index is 12.9. The molecule has 0 bridgehead atoms. The number of Topliss-reactive ketones (excluding diaryl/α,β-unsaturated/α-hetero) is 1. The van der Waals surface area contributed by atoms with Crippen molar-refractivity contribution in [3.63, 3.8) is 0 Å². The standard InChI is InChI=1S/C20H23NO4/c1-11-16(19(24)25-4)17(12-7-5-6-8-14(12)22)18-13(21-11)9-20(2,3)10-15(18)23/h5-8,17,21-22H,9-10H2,1-4H3/t17-/m1/s1. The summed E-state index contributed by atoms with van der Waals surface area (Å²) in [6, 6.07) is 6.83. The molecule has 1 aliphatic carbocycles. The van der Waals surface area contributed by atoms with Crippen LogP contribution in [0.4, 0.5) is 0 Å². The van der Waals surface area contributed by atoms with Crippen LogP contribution in [0.25, 0.3) is 0 Å². The average Bonchev–Trinajstić information content (AvgIpc) is 2.52. The minimum absolute atomic E-state index is 0.000839. The third kappa shape index (κ3) is 2.95. The number of allylic oxidation sites excluding steroid dienone is 3. The number of hydrogen-bond acceptors (Lipinski definition) is 5. The van der Waals surface area contributed by atoms with Crippen molar-refractivity contribution in [2.24, 2.45) is 5.41 Å². The van der Waals surface area contributed by atoms with E-state index in [0.717, 1.165) is 5.70 Å². The van der Waals surface area contributed by atoms with E-state index in [1.54, 1.807) is 31.2 Å². The molecule has 1 aromatic rings. The molecule has 1 aromatic carbocycles. The molecule has 0 saturated carbocycles. The van der Waals surface area contributed by atoms with E-state index in [4.69, 9.17) is 4.74 Å². The molecule has 5 nitrogen and oxygen atoms in total. The zero-order valence-corrected chi connectivity index (χ0v) is 15.0. The van der Waals surface area contributed by atoms with Crippen molar-refractivity contribution in [1.82, 2.24) is 5.32 Å². The first-order valence-electron chi connectivity index (χ1n) is 8.35. The second-order valence-corrected chi connectivity index (χ2v) is 7.48. The zero-order valence-electron chi connectivity index (χ0n) is 15.0. The van der Waals surface area contributed by atoms with Gasteiger partial charge in [-0.05, 0) is 24.8 Å². The van der Waals surface area contributed by atoms with Crippen molar-refractivity contribution < 1.29 is 19.4 Å². The van der Waals surface area contributed by atoms with Gasteiger partial charge in [0.25, 0.3) is 0 Å².